The van der Waals surface area contributed by atoms with Gasteiger partial charge in [0.25, 0.3) is 0 Å². The summed E-state index contributed by atoms with van der Waals surface area (Å²) in [5.74, 6) is 0. The molecule has 0 unspecified atom stereocenters. The standard InChI is InChI=1S/C14H22BrN/c1-2-16(13-7-11-15)12-6-10-14-8-4-3-5-9-14/h3-5,8-9H,2,6-7,10-13H2,1H3. The van der Waals surface area contributed by atoms with Crippen molar-refractivity contribution in [2.45, 2.75) is 26.2 Å². The van der Waals surface area contributed by atoms with Crippen molar-refractivity contribution in [1.82, 2.24) is 4.90 Å². The van der Waals surface area contributed by atoms with Gasteiger partial charge in [-0.15, -0.1) is 0 Å². The van der Waals surface area contributed by atoms with Crippen LogP contribution in [0.3, 0.4) is 0 Å². The molecule has 16 heavy (non-hydrogen) atoms. The van der Waals surface area contributed by atoms with Gasteiger partial charge < -0.3 is 4.90 Å². The fourth-order valence-corrected chi connectivity index (χ4v) is 2.11. The third-order valence-corrected chi connectivity index (χ3v) is 3.40. The average molecular weight is 284 g/mol. The fraction of sp³-hybridized carbons (Fsp3) is 0.571. The number of nitrogens with zero attached hydrogens (tertiary/aromatic N) is 1. The number of rotatable bonds is 8. The minimum atomic E-state index is 1.11. The third kappa shape index (κ3) is 5.66. The first-order valence-electron chi connectivity index (χ1n) is 6.19. The van der Waals surface area contributed by atoms with Crippen molar-refractivity contribution in [2.75, 3.05) is 25.0 Å². The van der Waals surface area contributed by atoms with Gasteiger partial charge in [0.05, 0.1) is 0 Å². The lowest BCUT2D eigenvalue weighted by atomic mass is 10.1. The average Bonchev–Trinajstić information content (AvgIpc) is 2.35. The molecule has 1 rings (SSSR count). The van der Waals surface area contributed by atoms with E-state index in [0.29, 0.717) is 0 Å². The predicted octanol–water partition coefficient (Wildman–Crippen LogP) is 3.73. The van der Waals surface area contributed by atoms with Gasteiger partial charge in [-0.1, -0.05) is 53.2 Å². The Hall–Kier alpha value is -0.340. The maximum absolute atomic E-state index is 3.49. The van der Waals surface area contributed by atoms with Crippen molar-refractivity contribution in [3.05, 3.63) is 35.9 Å². The highest BCUT2D eigenvalue weighted by Gasteiger charge is 2.01. The van der Waals surface area contributed by atoms with Gasteiger partial charge in [0.1, 0.15) is 0 Å². The van der Waals surface area contributed by atoms with Crippen LogP contribution in [0.5, 0.6) is 0 Å². The van der Waals surface area contributed by atoms with Crippen LogP contribution >= 0.6 is 15.9 Å². The second-order valence-electron chi connectivity index (χ2n) is 4.07. The minimum absolute atomic E-state index is 1.11. The van der Waals surface area contributed by atoms with E-state index in [-0.39, 0.29) is 0 Å². The molecule has 0 heterocycles. The fourth-order valence-electron chi connectivity index (χ4n) is 1.86. The molecule has 0 saturated carbocycles. The van der Waals surface area contributed by atoms with E-state index in [1.165, 1.54) is 44.5 Å². The molecule has 0 radical (unpaired) electrons. The maximum Gasteiger partial charge on any atom is 0.00434 e. The topological polar surface area (TPSA) is 3.24 Å². The lowest BCUT2D eigenvalue weighted by Gasteiger charge is -2.19. The van der Waals surface area contributed by atoms with Gasteiger partial charge in [-0.25, -0.2) is 0 Å². The first-order chi connectivity index (χ1) is 7.86. The normalized spacial score (nSPS) is 10.9. The van der Waals surface area contributed by atoms with Gasteiger partial charge >= 0.3 is 0 Å². The van der Waals surface area contributed by atoms with Crippen LogP contribution in [0.2, 0.25) is 0 Å². The summed E-state index contributed by atoms with van der Waals surface area (Å²) in [6.07, 6.45) is 3.71. The smallest absolute Gasteiger partial charge is 0.00434 e. The Balaban J connectivity index is 2.18. The van der Waals surface area contributed by atoms with E-state index in [2.05, 4.69) is 58.1 Å². The van der Waals surface area contributed by atoms with Gasteiger partial charge in [0.15, 0.2) is 0 Å². The van der Waals surface area contributed by atoms with E-state index in [1.807, 2.05) is 0 Å². The molecule has 0 amide bonds. The van der Waals surface area contributed by atoms with E-state index in [9.17, 15) is 0 Å². The van der Waals surface area contributed by atoms with Gasteiger partial charge in [-0.2, -0.15) is 0 Å². The van der Waals surface area contributed by atoms with Crippen molar-refractivity contribution in [3.8, 4) is 0 Å². The first-order valence-corrected chi connectivity index (χ1v) is 7.31. The largest absolute Gasteiger partial charge is 0.304 e. The van der Waals surface area contributed by atoms with E-state index in [0.717, 1.165) is 5.33 Å². The van der Waals surface area contributed by atoms with Crippen LogP contribution < -0.4 is 0 Å². The summed E-state index contributed by atoms with van der Waals surface area (Å²) in [4.78, 5) is 2.53. The molecule has 2 heteroatoms. The summed E-state index contributed by atoms with van der Waals surface area (Å²) in [6, 6.07) is 10.8. The molecular formula is C14H22BrN. The number of hydrogen-bond donors (Lipinski definition) is 0. The van der Waals surface area contributed by atoms with Crippen molar-refractivity contribution in [3.63, 3.8) is 0 Å². The highest BCUT2D eigenvalue weighted by atomic mass is 79.9. The summed E-state index contributed by atoms with van der Waals surface area (Å²) in [5, 5.41) is 1.11. The molecule has 1 aromatic carbocycles. The van der Waals surface area contributed by atoms with Crippen LogP contribution in [-0.2, 0) is 6.42 Å². The van der Waals surface area contributed by atoms with Crippen molar-refractivity contribution >= 4 is 15.9 Å². The molecule has 0 aliphatic rings. The first kappa shape index (κ1) is 13.7. The van der Waals surface area contributed by atoms with Crippen LogP contribution in [0.25, 0.3) is 0 Å². The molecule has 0 atom stereocenters. The summed E-state index contributed by atoms with van der Waals surface area (Å²) >= 11 is 3.49. The number of hydrogen-bond acceptors (Lipinski definition) is 1. The molecule has 1 nitrogen and oxygen atoms in total. The molecule has 0 aliphatic carbocycles. The lowest BCUT2D eigenvalue weighted by molar-refractivity contribution is 0.286. The molecule has 0 spiro atoms. The zero-order chi connectivity index (χ0) is 11.6. The molecule has 1 aromatic rings. The van der Waals surface area contributed by atoms with Crippen molar-refractivity contribution in [2.24, 2.45) is 0 Å². The summed E-state index contributed by atoms with van der Waals surface area (Å²) in [6.45, 7) is 5.85. The number of benzene rings is 1. The monoisotopic (exact) mass is 283 g/mol. The van der Waals surface area contributed by atoms with Crippen LogP contribution in [0.4, 0.5) is 0 Å². The predicted molar refractivity (Wildman–Crippen MR) is 75.3 cm³/mol. The second-order valence-corrected chi connectivity index (χ2v) is 4.86. The summed E-state index contributed by atoms with van der Waals surface area (Å²) < 4.78 is 0. The summed E-state index contributed by atoms with van der Waals surface area (Å²) in [7, 11) is 0. The molecule has 90 valence electrons. The molecule has 0 fully saturated rings. The minimum Gasteiger partial charge on any atom is -0.304 e. The van der Waals surface area contributed by atoms with Gasteiger partial charge in [-0.05, 0) is 44.5 Å². The van der Waals surface area contributed by atoms with Crippen molar-refractivity contribution < 1.29 is 0 Å². The lowest BCUT2D eigenvalue weighted by Crippen LogP contribution is -2.26. The Labute approximate surface area is 108 Å². The second kappa shape index (κ2) is 8.77. The molecule has 0 bridgehead atoms. The summed E-state index contributed by atoms with van der Waals surface area (Å²) in [5.41, 5.74) is 1.46. The highest BCUT2D eigenvalue weighted by Crippen LogP contribution is 2.04. The SMILES string of the molecule is CCN(CCCBr)CCCc1ccccc1. The Morgan fingerprint density at radius 1 is 1.06 bits per heavy atom. The van der Waals surface area contributed by atoms with Crippen LogP contribution in [0.15, 0.2) is 30.3 Å². The molecule has 0 N–H and O–H groups in total. The third-order valence-electron chi connectivity index (χ3n) is 2.84. The van der Waals surface area contributed by atoms with Gasteiger partial charge in [0, 0.05) is 5.33 Å². The van der Waals surface area contributed by atoms with Crippen LogP contribution in [-0.4, -0.2) is 29.9 Å². The molecule has 0 saturated heterocycles. The van der Waals surface area contributed by atoms with E-state index in [4.69, 9.17) is 0 Å². The number of alkyl halides is 1. The maximum atomic E-state index is 3.49. The quantitative estimate of drug-likeness (QED) is 0.657. The van der Waals surface area contributed by atoms with Crippen molar-refractivity contribution in [1.29, 1.82) is 0 Å². The molecule has 0 aromatic heterocycles. The Morgan fingerprint density at radius 2 is 1.75 bits per heavy atom. The molecular weight excluding hydrogens is 262 g/mol. The van der Waals surface area contributed by atoms with Gasteiger partial charge in [-0.3, -0.25) is 0 Å². The van der Waals surface area contributed by atoms with Crippen LogP contribution in [0.1, 0.15) is 25.3 Å². The molecule has 0 aliphatic heterocycles. The van der Waals surface area contributed by atoms with E-state index in [1.54, 1.807) is 0 Å². The van der Waals surface area contributed by atoms with Crippen LogP contribution in [0, 0.1) is 0 Å². The highest BCUT2D eigenvalue weighted by molar-refractivity contribution is 9.09. The zero-order valence-corrected chi connectivity index (χ0v) is 11.7. The Bertz CT molecular complexity index is 261. The Kier molecular flexibility index (Phi) is 7.52. The van der Waals surface area contributed by atoms with E-state index < -0.39 is 0 Å². The number of halogens is 1. The number of aryl methyl sites for hydroxylation is 1. The van der Waals surface area contributed by atoms with Gasteiger partial charge in [0.2, 0.25) is 0 Å². The zero-order valence-electron chi connectivity index (χ0n) is 10.2. The Morgan fingerprint density at radius 3 is 2.38 bits per heavy atom. The van der Waals surface area contributed by atoms with E-state index >= 15 is 0 Å².